The number of hydrogen-bond donors (Lipinski definition) is 2. The lowest BCUT2D eigenvalue weighted by Crippen LogP contribution is -2.38. The molecule has 18 heavy (non-hydrogen) atoms. The fourth-order valence-electron chi connectivity index (χ4n) is 1.65. The Morgan fingerprint density at radius 2 is 2.28 bits per heavy atom. The number of nitrogens with one attached hydrogen (secondary N) is 2. The van der Waals surface area contributed by atoms with Gasteiger partial charge in [0.15, 0.2) is 5.96 Å². The van der Waals surface area contributed by atoms with Crippen LogP contribution in [-0.4, -0.2) is 24.0 Å². The maximum atomic E-state index is 4.57. The molecule has 1 aromatic heterocycles. The molecule has 1 aliphatic rings. The second-order valence-electron chi connectivity index (χ2n) is 4.61. The Kier molecular flexibility index (Phi) is 4.99. The van der Waals surface area contributed by atoms with Gasteiger partial charge < -0.3 is 10.6 Å². The number of thiazole rings is 1. The van der Waals surface area contributed by atoms with Crippen LogP contribution in [0.4, 0.5) is 0 Å². The van der Waals surface area contributed by atoms with E-state index < -0.39 is 0 Å². The predicted octanol–water partition coefficient (Wildman–Crippen LogP) is 2.17. The van der Waals surface area contributed by atoms with Crippen LogP contribution in [0, 0.1) is 5.92 Å². The molecule has 0 bridgehead atoms. The van der Waals surface area contributed by atoms with Crippen LogP contribution in [-0.2, 0) is 13.0 Å². The molecular weight excluding hydrogens is 244 g/mol. The van der Waals surface area contributed by atoms with Gasteiger partial charge in [-0.3, -0.25) is 0 Å². The van der Waals surface area contributed by atoms with Gasteiger partial charge in [0.1, 0.15) is 0 Å². The van der Waals surface area contributed by atoms with Crippen LogP contribution in [0.15, 0.2) is 10.4 Å². The van der Waals surface area contributed by atoms with Crippen LogP contribution < -0.4 is 10.6 Å². The minimum Gasteiger partial charge on any atom is -0.357 e. The monoisotopic (exact) mass is 266 g/mol. The zero-order chi connectivity index (χ0) is 12.8. The molecule has 4 nitrogen and oxygen atoms in total. The topological polar surface area (TPSA) is 49.3 Å². The molecule has 0 atom stereocenters. The van der Waals surface area contributed by atoms with Gasteiger partial charge >= 0.3 is 0 Å². The molecule has 1 fully saturated rings. The number of guanidine groups is 1. The second kappa shape index (κ2) is 6.73. The quantitative estimate of drug-likeness (QED) is 0.613. The van der Waals surface area contributed by atoms with Gasteiger partial charge in [0.25, 0.3) is 0 Å². The van der Waals surface area contributed by atoms with Gasteiger partial charge in [0, 0.05) is 18.5 Å². The van der Waals surface area contributed by atoms with Crippen molar-refractivity contribution in [3.63, 3.8) is 0 Å². The van der Waals surface area contributed by atoms with Gasteiger partial charge in [-0.2, -0.15) is 0 Å². The molecule has 0 aromatic carbocycles. The second-order valence-corrected chi connectivity index (χ2v) is 5.55. The number of rotatable bonds is 6. The van der Waals surface area contributed by atoms with Crippen molar-refractivity contribution in [1.29, 1.82) is 0 Å². The molecule has 2 N–H and O–H groups in total. The average Bonchev–Trinajstić information content (AvgIpc) is 3.10. The maximum absolute atomic E-state index is 4.57. The third-order valence-corrected chi connectivity index (χ3v) is 3.94. The van der Waals surface area contributed by atoms with Gasteiger partial charge in [-0.25, -0.2) is 9.98 Å². The first-order valence-electron chi connectivity index (χ1n) is 6.77. The fraction of sp³-hybridized carbons (Fsp3) is 0.692. The van der Waals surface area contributed by atoms with Crippen molar-refractivity contribution in [2.24, 2.45) is 10.9 Å². The predicted molar refractivity (Wildman–Crippen MR) is 77.0 cm³/mol. The number of nitrogens with zero attached hydrogens (tertiary/aromatic N) is 2. The van der Waals surface area contributed by atoms with E-state index in [0.717, 1.165) is 37.1 Å². The van der Waals surface area contributed by atoms with E-state index in [1.165, 1.54) is 17.8 Å². The lowest BCUT2D eigenvalue weighted by atomic mass is 10.4. The van der Waals surface area contributed by atoms with E-state index in [1.54, 1.807) is 11.3 Å². The molecule has 1 heterocycles. The minimum atomic E-state index is 0.663. The highest BCUT2D eigenvalue weighted by atomic mass is 32.1. The minimum absolute atomic E-state index is 0.663. The summed E-state index contributed by atoms with van der Waals surface area (Å²) in [4.78, 5) is 9.09. The Morgan fingerprint density at radius 3 is 2.89 bits per heavy atom. The normalized spacial score (nSPS) is 15.8. The molecule has 1 aromatic rings. The van der Waals surface area contributed by atoms with Crippen LogP contribution in [0.3, 0.4) is 0 Å². The highest BCUT2D eigenvalue weighted by Crippen LogP contribution is 2.27. The number of aryl methyl sites for hydroxylation is 1. The van der Waals surface area contributed by atoms with Gasteiger partial charge in [-0.05, 0) is 32.1 Å². The summed E-state index contributed by atoms with van der Waals surface area (Å²) in [7, 11) is 0. The largest absolute Gasteiger partial charge is 0.357 e. The van der Waals surface area contributed by atoms with Crippen LogP contribution in [0.5, 0.6) is 0 Å². The van der Waals surface area contributed by atoms with E-state index in [2.05, 4.69) is 39.8 Å². The average molecular weight is 266 g/mol. The molecular formula is C13H22N4S. The molecule has 0 aliphatic heterocycles. The van der Waals surface area contributed by atoms with E-state index >= 15 is 0 Å². The Morgan fingerprint density at radius 1 is 1.44 bits per heavy atom. The Balaban J connectivity index is 1.85. The van der Waals surface area contributed by atoms with Crippen LogP contribution in [0.1, 0.15) is 37.4 Å². The zero-order valence-corrected chi connectivity index (χ0v) is 12.0. The summed E-state index contributed by atoms with van der Waals surface area (Å²) in [5.41, 5.74) is 1.07. The summed E-state index contributed by atoms with van der Waals surface area (Å²) in [5.74, 6) is 1.77. The Hall–Kier alpha value is -1.10. The van der Waals surface area contributed by atoms with Gasteiger partial charge in [-0.15, -0.1) is 11.3 Å². The maximum Gasteiger partial charge on any atom is 0.191 e. The van der Waals surface area contributed by atoms with Crippen molar-refractivity contribution in [1.82, 2.24) is 15.6 Å². The SMILES string of the molecule is CCNC(=NCc1csc(CC)n1)NCC1CC1. The number of aromatic nitrogens is 1. The molecule has 0 unspecified atom stereocenters. The Bertz CT molecular complexity index is 395. The summed E-state index contributed by atoms with van der Waals surface area (Å²) in [6, 6.07) is 0. The van der Waals surface area contributed by atoms with Gasteiger partial charge in [0.05, 0.1) is 17.2 Å². The first-order chi connectivity index (χ1) is 8.81. The highest BCUT2D eigenvalue weighted by molar-refractivity contribution is 7.09. The van der Waals surface area contributed by atoms with Crippen molar-refractivity contribution in [2.45, 2.75) is 39.7 Å². The molecule has 1 aliphatic carbocycles. The molecule has 0 spiro atoms. The highest BCUT2D eigenvalue weighted by Gasteiger charge is 2.20. The number of hydrogen-bond acceptors (Lipinski definition) is 3. The van der Waals surface area contributed by atoms with Crippen molar-refractivity contribution in [2.75, 3.05) is 13.1 Å². The standard InChI is InChI=1S/C13H22N4S/c1-3-12-17-11(9-18-12)8-16-13(14-4-2)15-7-10-5-6-10/h9-10H,3-8H2,1-2H3,(H2,14,15,16). The molecule has 1 saturated carbocycles. The van der Waals surface area contributed by atoms with E-state index in [9.17, 15) is 0 Å². The first-order valence-corrected chi connectivity index (χ1v) is 7.65. The summed E-state index contributed by atoms with van der Waals surface area (Å²) in [6.45, 7) is 6.83. The summed E-state index contributed by atoms with van der Waals surface area (Å²) in [5, 5.41) is 9.95. The zero-order valence-electron chi connectivity index (χ0n) is 11.2. The fourth-order valence-corrected chi connectivity index (χ4v) is 2.38. The molecule has 5 heteroatoms. The summed E-state index contributed by atoms with van der Waals surface area (Å²) >= 11 is 1.72. The van der Waals surface area contributed by atoms with Crippen molar-refractivity contribution < 1.29 is 0 Å². The summed E-state index contributed by atoms with van der Waals surface area (Å²) < 4.78 is 0. The molecule has 0 saturated heterocycles. The van der Waals surface area contributed by atoms with Crippen LogP contribution in [0.25, 0.3) is 0 Å². The lowest BCUT2D eigenvalue weighted by molar-refractivity contribution is 0.738. The number of aliphatic imine (C=N–C) groups is 1. The van der Waals surface area contributed by atoms with Crippen molar-refractivity contribution in [3.8, 4) is 0 Å². The molecule has 0 radical (unpaired) electrons. The smallest absolute Gasteiger partial charge is 0.191 e. The molecule has 0 amide bonds. The third kappa shape index (κ3) is 4.29. The third-order valence-electron chi connectivity index (χ3n) is 2.90. The van der Waals surface area contributed by atoms with E-state index in [4.69, 9.17) is 0 Å². The van der Waals surface area contributed by atoms with E-state index in [1.807, 2.05) is 0 Å². The first kappa shape index (κ1) is 13.3. The van der Waals surface area contributed by atoms with Gasteiger partial charge in [-0.1, -0.05) is 6.92 Å². The summed E-state index contributed by atoms with van der Waals surface area (Å²) in [6.07, 6.45) is 3.73. The van der Waals surface area contributed by atoms with Crippen LogP contribution in [0.2, 0.25) is 0 Å². The molecule has 100 valence electrons. The van der Waals surface area contributed by atoms with E-state index in [-0.39, 0.29) is 0 Å². The van der Waals surface area contributed by atoms with E-state index in [0.29, 0.717) is 6.54 Å². The molecule has 2 rings (SSSR count). The van der Waals surface area contributed by atoms with Crippen molar-refractivity contribution >= 4 is 17.3 Å². The lowest BCUT2D eigenvalue weighted by Gasteiger charge is -2.10. The Labute approximate surface area is 113 Å². The van der Waals surface area contributed by atoms with Crippen LogP contribution >= 0.6 is 11.3 Å². The van der Waals surface area contributed by atoms with Gasteiger partial charge in [0.2, 0.25) is 0 Å². The van der Waals surface area contributed by atoms with Crippen molar-refractivity contribution in [3.05, 3.63) is 16.1 Å².